The number of para-hydroxylation sites is 1. The summed E-state index contributed by atoms with van der Waals surface area (Å²) < 4.78 is 25.6. The molecule has 2 aromatic heterocycles. The van der Waals surface area contributed by atoms with Crippen molar-refractivity contribution in [1.82, 2.24) is 14.7 Å². The highest BCUT2D eigenvalue weighted by Gasteiger charge is 2.22. The van der Waals surface area contributed by atoms with Crippen LogP contribution in [0.5, 0.6) is 5.75 Å². The van der Waals surface area contributed by atoms with Gasteiger partial charge in [-0.3, -0.25) is 0 Å². The summed E-state index contributed by atoms with van der Waals surface area (Å²) in [5, 5.41) is 13.0. The fourth-order valence-electron chi connectivity index (χ4n) is 3.22. The zero-order chi connectivity index (χ0) is 22.5. The highest BCUT2D eigenvalue weighted by Crippen LogP contribution is 2.30. The van der Waals surface area contributed by atoms with Gasteiger partial charge in [0.25, 0.3) is 0 Å². The van der Waals surface area contributed by atoms with Crippen LogP contribution in [0.15, 0.2) is 70.1 Å². The molecule has 0 saturated carbocycles. The lowest BCUT2D eigenvalue weighted by atomic mass is 10.0. The smallest absolute Gasteiger partial charge is 0.366 e. The van der Waals surface area contributed by atoms with Crippen molar-refractivity contribution in [3.05, 3.63) is 82.6 Å². The Kier molecular flexibility index (Phi) is 6.27. The van der Waals surface area contributed by atoms with E-state index in [1.807, 2.05) is 13.0 Å². The summed E-state index contributed by atoms with van der Waals surface area (Å²) in [6.45, 7) is 2.56. The normalized spacial score (nSPS) is 10.9. The first-order valence-corrected chi connectivity index (χ1v) is 9.98. The van der Waals surface area contributed by atoms with Gasteiger partial charge >= 0.3 is 5.63 Å². The third-order valence-corrected chi connectivity index (χ3v) is 4.76. The number of aromatic hydroxyl groups is 1. The number of ether oxygens (including phenoxy) is 1. The molecule has 0 bridgehead atoms. The Balaban J connectivity index is 1.73. The van der Waals surface area contributed by atoms with Gasteiger partial charge in [0, 0.05) is 24.9 Å². The average molecular weight is 436 g/mol. The van der Waals surface area contributed by atoms with E-state index in [0.29, 0.717) is 41.6 Å². The number of phenols is 1. The topological polar surface area (TPSA) is 102 Å². The summed E-state index contributed by atoms with van der Waals surface area (Å²) in [7, 11) is 0. The molecule has 8 nitrogen and oxygen atoms in total. The van der Waals surface area contributed by atoms with Gasteiger partial charge in [-0.1, -0.05) is 30.3 Å². The molecule has 2 aromatic carbocycles. The van der Waals surface area contributed by atoms with Gasteiger partial charge in [0.1, 0.15) is 17.3 Å². The first-order chi connectivity index (χ1) is 15.6. The van der Waals surface area contributed by atoms with Gasteiger partial charge in [-0.15, -0.1) is 0 Å². The SMILES string of the molecule is CCOCn1oc(=O)c(-c2ccc(F)cc2)c1-c1ccnc(NCc2ccccc2O)n1. The first-order valence-electron chi connectivity index (χ1n) is 9.98. The second-order valence-electron chi connectivity index (χ2n) is 6.86. The highest BCUT2D eigenvalue weighted by molar-refractivity contribution is 5.78. The van der Waals surface area contributed by atoms with Gasteiger partial charge in [0.2, 0.25) is 5.95 Å². The molecule has 0 aliphatic carbocycles. The number of hydrogen-bond donors (Lipinski definition) is 2. The third kappa shape index (κ3) is 4.52. The molecule has 0 saturated heterocycles. The van der Waals surface area contributed by atoms with Crippen LogP contribution in [0.3, 0.4) is 0 Å². The molecular formula is C23H21FN4O4. The van der Waals surface area contributed by atoms with Crippen LogP contribution in [0.25, 0.3) is 22.5 Å². The fourth-order valence-corrected chi connectivity index (χ4v) is 3.22. The van der Waals surface area contributed by atoms with Crippen LogP contribution in [-0.2, 0) is 18.0 Å². The Morgan fingerprint density at radius 2 is 1.94 bits per heavy atom. The van der Waals surface area contributed by atoms with E-state index in [1.165, 1.54) is 29.0 Å². The van der Waals surface area contributed by atoms with E-state index in [2.05, 4.69) is 15.3 Å². The van der Waals surface area contributed by atoms with Crippen LogP contribution in [0.2, 0.25) is 0 Å². The Morgan fingerprint density at radius 1 is 1.16 bits per heavy atom. The molecule has 164 valence electrons. The Hall–Kier alpha value is -3.98. The van der Waals surface area contributed by atoms with Crippen LogP contribution in [0.4, 0.5) is 10.3 Å². The second kappa shape index (κ2) is 9.44. The van der Waals surface area contributed by atoms with E-state index in [0.717, 1.165) is 0 Å². The molecule has 0 aliphatic heterocycles. The van der Waals surface area contributed by atoms with Crippen molar-refractivity contribution in [2.75, 3.05) is 11.9 Å². The number of nitrogens with one attached hydrogen (secondary N) is 1. The number of anilines is 1. The third-order valence-electron chi connectivity index (χ3n) is 4.76. The molecule has 9 heteroatoms. The molecule has 0 atom stereocenters. The van der Waals surface area contributed by atoms with Gasteiger partial charge in [-0.25, -0.2) is 19.2 Å². The number of halogens is 1. The first kappa shape index (κ1) is 21.3. The number of hydrogen-bond acceptors (Lipinski definition) is 7. The average Bonchev–Trinajstić information content (AvgIpc) is 3.14. The summed E-state index contributed by atoms with van der Waals surface area (Å²) in [5.74, 6) is 0.0497. The van der Waals surface area contributed by atoms with E-state index >= 15 is 0 Å². The molecule has 2 N–H and O–H groups in total. The van der Waals surface area contributed by atoms with Gasteiger partial charge in [0.05, 0.1) is 11.3 Å². The van der Waals surface area contributed by atoms with E-state index in [9.17, 15) is 14.3 Å². The summed E-state index contributed by atoms with van der Waals surface area (Å²) in [6, 6.07) is 14.2. The number of benzene rings is 2. The van der Waals surface area contributed by atoms with Crippen molar-refractivity contribution in [2.45, 2.75) is 20.2 Å². The van der Waals surface area contributed by atoms with Crippen molar-refractivity contribution >= 4 is 5.95 Å². The minimum Gasteiger partial charge on any atom is -0.508 e. The van der Waals surface area contributed by atoms with Crippen molar-refractivity contribution in [2.24, 2.45) is 0 Å². The number of aromatic nitrogens is 3. The molecule has 4 rings (SSSR count). The van der Waals surface area contributed by atoms with Crippen molar-refractivity contribution in [3.8, 4) is 28.3 Å². The Bertz CT molecular complexity index is 1270. The molecule has 0 fully saturated rings. The fraction of sp³-hybridized carbons (Fsp3) is 0.174. The number of nitrogens with zero attached hydrogens (tertiary/aromatic N) is 3. The van der Waals surface area contributed by atoms with Gasteiger partial charge < -0.3 is 19.7 Å². The maximum absolute atomic E-state index is 13.4. The molecule has 32 heavy (non-hydrogen) atoms. The van der Waals surface area contributed by atoms with E-state index in [-0.39, 0.29) is 18.0 Å². The molecule has 2 heterocycles. The zero-order valence-corrected chi connectivity index (χ0v) is 17.3. The van der Waals surface area contributed by atoms with Crippen LogP contribution in [0, 0.1) is 5.82 Å². The van der Waals surface area contributed by atoms with Crippen LogP contribution in [-0.4, -0.2) is 26.4 Å². The van der Waals surface area contributed by atoms with Gasteiger partial charge in [-0.05, 0) is 36.8 Å². The second-order valence-corrected chi connectivity index (χ2v) is 6.86. The molecule has 4 aromatic rings. The van der Waals surface area contributed by atoms with E-state index in [4.69, 9.17) is 9.26 Å². The van der Waals surface area contributed by atoms with Crippen LogP contribution >= 0.6 is 0 Å². The molecule has 0 unspecified atom stereocenters. The van der Waals surface area contributed by atoms with Crippen molar-refractivity contribution < 1.29 is 18.8 Å². The van der Waals surface area contributed by atoms with Gasteiger partial charge in [-0.2, -0.15) is 4.74 Å². The number of phenolic OH excluding ortho intramolecular Hbond substituents is 1. The monoisotopic (exact) mass is 436 g/mol. The predicted octanol–water partition coefficient (Wildman–Crippen LogP) is 4.02. The van der Waals surface area contributed by atoms with Crippen LogP contribution in [0.1, 0.15) is 12.5 Å². The van der Waals surface area contributed by atoms with Gasteiger partial charge in [0.15, 0.2) is 6.73 Å². The maximum atomic E-state index is 13.4. The standard InChI is InChI=1S/C23H21FN4O4/c1-2-31-14-28-21(20(22(30)32-28)15-7-9-17(24)10-8-15)18-11-12-25-23(27-18)26-13-16-5-3-4-6-19(16)29/h3-12,29H,2,13-14H2,1H3,(H,25,26,27). The largest absolute Gasteiger partial charge is 0.508 e. The zero-order valence-electron chi connectivity index (χ0n) is 17.3. The molecular weight excluding hydrogens is 415 g/mol. The quantitative estimate of drug-likeness (QED) is 0.430. The molecule has 0 radical (unpaired) electrons. The maximum Gasteiger partial charge on any atom is 0.366 e. The minimum atomic E-state index is -0.589. The highest BCUT2D eigenvalue weighted by atomic mass is 19.1. The Morgan fingerprint density at radius 3 is 2.69 bits per heavy atom. The molecule has 0 spiro atoms. The Labute approximate surface area is 182 Å². The predicted molar refractivity (Wildman–Crippen MR) is 116 cm³/mol. The summed E-state index contributed by atoms with van der Waals surface area (Å²) in [6.07, 6.45) is 1.55. The lowest BCUT2D eigenvalue weighted by Gasteiger charge is -2.10. The lowest BCUT2D eigenvalue weighted by molar-refractivity contribution is 0.0314. The summed E-state index contributed by atoms with van der Waals surface area (Å²) in [5.41, 5.74) is 1.65. The lowest BCUT2D eigenvalue weighted by Crippen LogP contribution is -2.07. The van der Waals surface area contributed by atoms with E-state index < -0.39 is 11.4 Å². The molecule has 0 aliphatic rings. The van der Waals surface area contributed by atoms with Crippen molar-refractivity contribution in [3.63, 3.8) is 0 Å². The number of rotatable bonds is 8. The molecule has 0 amide bonds. The summed E-state index contributed by atoms with van der Waals surface area (Å²) >= 11 is 0. The van der Waals surface area contributed by atoms with Crippen molar-refractivity contribution in [1.29, 1.82) is 0 Å². The minimum absolute atomic E-state index is 0.00687. The summed E-state index contributed by atoms with van der Waals surface area (Å²) in [4.78, 5) is 21.4. The van der Waals surface area contributed by atoms with Crippen LogP contribution < -0.4 is 10.9 Å². The van der Waals surface area contributed by atoms with E-state index in [1.54, 1.807) is 30.5 Å².